The molecule has 0 saturated heterocycles. The number of methoxy groups -OCH3 is 1. The highest BCUT2D eigenvalue weighted by Crippen LogP contribution is 2.18. The quantitative estimate of drug-likeness (QED) is 0.722. The third-order valence-electron chi connectivity index (χ3n) is 1.91. The maximum Gasteiger partial charge on any atom is 0.123 e. The van der Waals surface area contributed by atoms with Gasteiger partial charge < -0.3 is 14.8 Å². The summed E-state index contributed by atoms with van der Waals surface area (Å²) in [5, 5.41) is 3.02. The molecule has 0 aromatic heterocycles. The van der Waals surface area contributed by atoms with Crippen LogP contribution in [0.2, 0.25) is 0 Å². The fraction of sp³-hybridized carbons (Fsp3) is 0.333. The van der Waals surface area contributed by atoms with Crippen molar-refractivity contribution in [3.8, 4) is 11.5 Å². The van der Waals surface area contributed by atoms with E-state index in [-0.39, 0.29) is 0 Å². The van der Waals surface area contributed by atoms with Gasteiger partial charge in [0.05, 0.1) is 7.11 Å². The second-order valence-electron chi connectivity index (χ2n) is 3.25. The predicted octanol–water partition coefficient (Wildman–Crippen LogP) is 1.85. The van der Waals surface area contributed by atoms with Gasteiger partial charge in [-0.25, -0.2) is 0 Å². The summed E-state index contributed by atoms with van der Waals surface area (Å²) in [5.41, 5.74) is 1.01. The van der Waals surface area contributed by atoms with Gasteiger partial charge in [0, 0.05) is 12.6 Å². The van der Waals surface area contributed by atoms with Crippen molar-refractivity contribution in [1.29, 1.82) is 0 Å². The highest BCUT2D eigenvalue weighted by Gasteiger charge is 1.98. The zero-order valence-electron chi connectivity index (χ0n) is 9.25. The summed E-state index contributed by atoms with van der Waals surface area (Å²) in [6.07, 6.45) is 0. The van der Waals surface area contributed by atoms with Crippen molar-refractivity contribution in [1.82, 2.24) is 5.32 Å². The molecule has 0 radical (unpaired) electrons. The molecule has 1 rings (SSSR count). The number of likely N-dealkylation sites (N-methyl/N-ethyl adjacent to an activating group) is 1. The molecule has 1 N–H and O–H groups in total. The van der Waals surface area contributed by atoms with E-state index in [2.05, 4.69) is 11.9 Å². The zero-order chi connectivity index (χ0) is 11.1. The molecule has 0 unspecified atom stereocenters. The lowest BCUT2D eigenvalue weighted by atomic mass is 10.3. The van der Waals surface area contributed by atoms with Crippen LogP contribution in [0, 0.1) is 0 Å². The van der Waals surface area contributed by atoms with E-state index in [9.17, 15) is 0 Å². The minimum Gasteiger partial charge on any atom is -0.497 e. The van der Waals surface area contributed by atoms with Crippen molar-refractivity contribution >= 4 is 0 Å². The minimum absolute atomic E-state index is 0.522. The minimum atomic E-state index is 0.522. The molecule has 0 spiro atoms. The number of ether oxygens (including phenoxy) is 2. The summed E-state index contributed by atoms with van der Waals surface area (Å²) in [6.45, 7) is 5.17. The normalized spacial score (nSPS) is 9.73. The summed E-state index contributed by atoms with van der Waals surface area (Å²) >= 11 is 0. The zero-order valence-corrected chi connectivity index (χ0v) is 9.25. The standard InChI is InChI=1S/C12H17NO2/c1-10(8-13-2)9-15-12-6-4-5-11(7-12)14-3/h4-7,13H,1,8-9H2,2-3H3. The number of benzene rings is 1. The Morgan fingerprint density at radius 1 is 1.40 bits per heavy atom. The molecule has 0 aliphatic carbocycles. The van der Waals surface area contributed by atoms with Crippen LogP contribution >= 0.6 is 0 Å². The molecule has 3 nitrogen and oxygen atoms in total. The van der Waals surface area contributed by atoms with E-state index >= 15 is 0 Å². The van der Waals surface area contributed by atoms with Gasteiger partial charge in [0.15, 0.2) is 0 Å². The van der Waals surface area contributed by atoms with Crippen LogP contribution in [0.25, 0.3) is 0 Å². The Kier molecular flexibility index (Phi) is 4.71. The summed E-state index contributed by atoms with van der Waals surface area (Å²) in [4.78, 5) is 0. The van der Waals surface area contributed by atoms with Gasteiger partial charge in [-0.3, -0.25) is 0 Å². The molecule has 0 amide bonds. The molecule has 82 valence electrons. The molecule has 0 atom stereocenters. The summed E-state index contributed by atoms with van der Waals surface area (Å²) < 4.78 is 10.6. The molecule has 0 aliphatic rings. The van der Waals surface area contributed by atoms with Crippen LogP contribution in [0.5, 0.6) is 11.5 Å². The number of nitrogens with one attached hydrogen (secondary N) is 1. The van der Waals surface area contributed by atoms with Crippen molar-refractivity contribution in [2.24, 2.45) is 0 Å². The van der Waals surface area contributed by atoms with Crippen LogP contribution < -0.4 is 14.8 Å². The molecular formula is C12H17NO2. The van der Waals surface area contributed by atoms with Crippen LogP contribution in [-0.4, -0.2) is 27.3 Å². The Morgan fingerprint density at radius 2 is 2.13 bits per heavy atom. The SMILES string of the molecule is C=C(CNC)COc1cccc(OC)c1. The smallest absolute Gasteiger partial charge is 0.123 e. The lowest BCUT2D eigenvalue weighted by Crippen LogP contribution is -2.14. The van der Waals surface area contributed by atoms with Gasteiger partial charge in [-0.2, -0.15) is 0 Å². The Hall–Kier alpha value is -1.48. The first-order chi connectivity index (χ1) is 7.26. The van der Waals surface area contributed by atoms with E-state index in [1.807, 2.05) is 31.3 Å². The summed E-state index contributed by atoms with van der Waals surface area (Å²) in [7, 11) is 3.52. The average Bonchev–Trinajstić information content (AvgIpc) is 2.27. The van der Waals surface area contributed by atoms with E-state index in [4.69, 9.17) is 9.47 Å². The Labute approximate surface area is 90.7 Å². The number of hydrogen-bond acceptors (Lipinski definition) is 3. The highest BCUT2D eigenvalue weighted by atomic mass is 16.5. The molecule has 3 heteroatoms. The average molecular weight is 207 g/mol. The van der Waals surface area contributed by atoms with E-state index in [0.717, 1.165) is 23.6 Å². The molecule has 0 heterocycles. The fourth-order valence-electron chi connectivity index (χ4n) is 1.18. The van der Waals surface area contributed by atoms with Gasteiger partial charge in [-0.15, -0.1) is 0 Å². The predicted molar refractivity (Wildman–Crippen MR) is 61.6 cm³/mol. The van der Waals surface area contributed by atoms with Gasteiger partial charge >= 0.3 is 0 Å². The first-order valence-corrected chi connectivity index (χ1v) is 4.84. The number of hydrogen-bond donors (Lipinski definition) is 1. The van der Waals surface area contributed by atoms with Crippen molar-refractivity contribution < 1.29 is 9.47 Å². The van der Waals surface area contributed by atoms with E-state index < -0.39 is 0 Å². The largest absolute Gasteiger partial charge is 0.497 e. The van der Waals surface area contributed by atoms with Gasteiger partial charge in [-0.1, -0.05) is 12.6 Å². The van der Waals surface area contributed by atoms with Gasteiger partial charge in [0.25, 0.3) is 0 Å². The maximum atomic E-state index is 5.54. The Bertz CT molecular complexity index is 323. The van der Waals surface area contributed by atoms with Gasteiger partial charge in [0.1, 0.15) is 18.1 Å². The van der Waals surface area contributed by atoms with E-state index in [0.29, 0.717) is 6.61 Å². The van der Waals surface area contributed by atoms with Crippen LogP contribution in [0.15, 0.2) is 36.4 Å². The first kappa shape index (κ1) is 11.6. The molecule has 0 bridgehead atoms. The lowest BCUT2D eigenvalue weighted by molar-refractivity contribution is 0.344. The van der Waals surface area contributed by atoms with Gasteiger partial charge in [0.2, 0.25) is 0 Å². The molecule has 15 heavy (non-hydrogen) atoms. The maximum absolute atomic E-state index is 5.54. The van der Waals surface area contributed by atoms with Crippen LogP contribution in [0.3, 0.4) is 0 Å². The van der Waals surface area contributed by atoms with E-state index in [1.165, 1.54) is 0 Å². The third-order valence-corrected chi connectivity index (χ3v) is 1.91. The molecule has 1 aromatic carbocycles. The molecule has 1 aromatic rings. The number of rotatable bonds is 6. The van der Waals surface area contributed by atoms with Crippen LogP contribution in [-0.2, 0) is 0 Å². The van der Waals surface area contributed by atoms with Gasteiger partial charge in [-0.05, 0) is 24.8 Å². The molecular weight excluding hydrogens is 190 g/mol. The second-order valence-corrected chi connectivity index (χ2v) is 3.25. The molecule has 0 aliphatic heterocycles. The third kappa shape index (κ3) is 4.04. The molecule has 0 fully saturated rings. The summed E-state index contributed by atoms with van der Waals surface area (Å²) in [6, 6.07) is 7.53. The van der Waals surface area contributed by atoms with Crippen molar-refractivity contribution in [2.45, 2.75) is 0 Å². The van der Waals surface area contributed by atoms with Crippen molar-refractivity contribution in [3.05, 3.63) is 36.4 Å². The van der Waals surface area contributed by atoms with E-state index in [1.54, 1.807) is 7.11 Å². The van der Waals surface area contributed by atoms with Crippen LogP contribution in [0.1, 0.15) is 0 Å². The topological polar surface area (TPSA) is 30.5 Å². The van der Waals surface area contributed by atoms with Crippen molar-refractivity contribution in [2.75, 3.05) is 27.3 Å². The Balaban J connectivity index is 2.46. The lowest BCUT2D eigenvalue weighted by Gasteiger charge is -2.09. The second kappa shape index (κ2) is 6.09. The first-order valence-electron chi connectivity index (χ1n) is 4.84. The Morgan fingerprint density at radius 3 is 2.80 bits per heavy atom. The fourth-order valence-corrected chi connectivity index (χ4v) is 1.18. The summed E-state index contributed by atoms with van der Waals surface area (Å²) in [5.74, 6) is 1.60. The highest BCUT2D eigenvalue weighted by molar-refractivity contribution is 5.33. The van der Waals surface area contributed by atoms with Crippen molar-refractivity contribution in [3.63, 3.8) is 0 Å². The molecule has 0 saturated carbocycles. The van der Waals surface area contributed by atoms with Crippen LogP contribution in [0.4, 0.5) is 0 Å². The monoisotopic (exact) mass is 207 g/mol.